The van der Waals surface area contributed by atoms with Gasteiger partial charge in [-0.15, -0.1) is 0 Å². The van der Waals surface area contributed by atoms with E-state index in [1.54, 1.807) is 24.3 Å². The molecule has 0 saturated carbocycles. The SMILES string of the molecule is NS(=O)(=O)c1ccccc1-c1c(-c2ccc(Cl)cc2)n[nH]c1C(F)(F)Cl. The molecule has 3 N–H and O–H groups in total. The maximum absolute atomic E-state index is 13.9. The van der Waals surface area contributed by atoms with Crippen LogP contribution in [-0.4, -0.2) is 18.6 Å². The first-order valence-electron chi connectivity index (χ1n) is 7.13. The fourth-order valence-electron chi connectivity index (χ4n) is 2.55. The third kappa shape index (κ3) is 3.59. The van der Waals surface area contributed by atoms with Crippen molar-refractivity contribution in [3.63, 3.8) is 0 Å². The van der Waals surface area contributed by atoms with Gasteiger partial charge in [-0.2, -0.15) is 13.9 Å². The van der Waals surface area contributed by atoms with Crippen molar-refractivity contribution in [1.82, 2.24) is 10.2 Å². The number of nitrogens with zero attached hydrogens (tertiary/aromatic N) is 1. The van der Waals surface area contributed by atoms with Crippen LogP contribution in [0.1, 0.15) is 5.69 Å². The Labute approximate surface area is 157 Å². The van der Waals surface area contributed by atoms with Crippen LogP contribution >= 0.6 is 23.2 Å². The monoisotopic (exact) mass is 417 g/mol. The molecule has 0 fully saturated rings. The van der Waals surface area contributed by atoms with E-state index in [9.17, 15) is 17.2 Å². The number of halogens is 4. The fraction of sp³-hybridized carbons (Fsp3) is 0.0625. The van der Waals surface area contributed by atoms with Crippen molar-refractivity contribution < 1.29 is 17.2 Å². The number of H-pyrrole nitrogens is 1. The molecule has 2 aromatic carbocycles. The third-order valence-electron chi connectivity index (χ3n) is 3.63. The number of nitrogens with one attached hydrogen (secondary N) is 1. The Morgan fingerprint density at radius 3 is 2.27 bits per heavy atom. The molecule has 0 radical (unpaired) electrons. The number of benzene rings is 2. The summed E-state index contributed by atoms with van der Waals surface area (Å²) >= 11 is 11.1. The Morgan fingerprint density at radius 1 is 1.08 bits per heavy atom. The van der Waals surface area contributed by atoms with Crippen molar-refractivity contribution in [1.29, 1.82) is 0 Å². The minimum Gasteiger partial charge on any atom is -0.274 e. The number of primary sulfonamides is 1. The molecule has 0 atom stereocenters. The molecule has 3 aromatic rings. The molecule has 5 nitrogen and oxygen atoms in total. The highest BCUT2D eigenvalue weighted by molar-refractivity contribution is 7.89. The van der Waals surface area contributed by atoms with Crippen LogP contribution in [0.4, 0.5) is 8.78 Å². The van der Waals surface area contributed by atoms with Gasteiger partial charge in [-0.25, -0.2) is 13.6 Å². The van der Waals surface area contributed by atoms with Crippen molar-refractivity contribution in [2.24, 2.45) is 5.14 Å². The molecule has 0 aliphatic heterocycles. The van der Waals surface area contributed by atoms with Crippen LogP contribution in [0.25, 0.3) is 22.4 Å². The number of hydrogen-bond acceptors (Lipinski definition) is 3. The topological polar surface area (TPSA) is 88.8 Å². The molecule has 0 amide bonds. The second-order valence-electron chi connectivity index (χ2n) is 5.37. The quantitative estimate of drug-likeness (QED) is 0.618. The number of aromatic amines is 1. The van der Waals surface area contributed by atoms with Crippen LogP contribution in [0.15, 0.2) is 53.4 Å². The van der Waals surface area contributed by atoms with Crippen LogP contribution in [0.2, 0.25) is 5.02 Å². The molecule has 136 valence electrons. The molecule has 0 bridgehead atoms. The standard InChI is InChI=1S/C16H11Cl2F2N3O2S/c17-10-7-5-9(6-8-10)14-13(15(23-22-14)16(18,19)20)11-3-1-2-4-12(11)26(21,24)25/h1-8H,(H,22,23)(H2,21,24,25). The van der Waals surface area contributed by atoms with Gasteiger partial charge < -0.3 is 0 Å². The number of nitrogens with two attached hydrogens (primary N) is 1. The van der Waals surface area contributed by atoms with E-state index in [1.165, 1.54) is 24.3 Å². The summed E-state index contributed by atoms with van der Waals surface area (Å²) in [6.07, 6.45) is 0. The van der Waals surface area contributed by atoms with Gasteiger partial charge >= 0.3 is 5.38 Å². The maximum atomic E-state index is 13.9. The average molecular weight is 418 g/mol. The molecule has 0 spiro atoms. The van der Waals surface area contributed by atoms with Gasteiger partial charge in [0.05, 0.1) is 4.90 Å². The van der Waals surface area contributed by atoms with Gasteiger partial charge in [0.15, 0.2) is 0 Å². The number of sulfonamides is 1. The molecular weight excluding hydrogens is 407 g/mol. The second-order valence-corrected chi connectivity index (χ2v) is 7.81. The highest BCUT2D eigenvalue weighted by Gasteiger charge is 2.37. The predicted molar refractivity (Wildman–Crippen MR) is 95.6 cm³/mol. The van der Waals surface area contributed by atoms with E-state index < -0.39 is 21.1 Å². The minimum absolute atomic E-state index is 0.0379. The van der Waals surface area contributed by atoms with Crippen molar-refractivity contribution in [2.45, 2.75) is 10.3 Å². The smallest absolute Gasteiger partial charge is 0.274 e. The summed E-state index contributed by atoms with van der Waals surface area (Å²) in [6, 6.07) is 11.8. The zero-order valence-corrected chi connectivity index (χ0v) is 15.2. The zero-order chi connectivity index (χ0) is 19.1. The number of aromatic nitrogens is 2. The van der Waals surface area contributed by atoms with E-state index >= 15 is 0 Å². The summed E-state index contributed by atoms with van der Waals surface area (Å²) in [6.45, 7) is 0. The van der Waals surface area contributed by atoms with Gasteiger partial charge in [-0.05, 0) is 29.8 Å². The van der Waals surface area contributed by atoms with Crippen molar-refractivity contribution in [2.75, 3.05) is 0 Å². The number of alkyl halides is 3. The first-order valence-corrected chi connectivity index (χ1v) is 9.43. The molecular formula is C16H11Cl2F2N3O2S. The molecule has 26 heavy (non-hydrogen) atoms. The fourth-order valence-corrected chi connectivity index (χ4v) is 3.55. The molecule has 1 heterocycles. The van der Waals surface area contributed by atoms with E-state index in [2.05, 4.69) is 10.2 Å². The van der Waals surface area contributed by atoms with E-state index in [1.807, 2.05) is 0 Å². The van der Waals surface area contributed by atoms with Crippen molar-refractivity contribution in [3.05, 3.63) is 59.2 Å². The normalized spacial score (nSPS) is 12.3. The van der Waals surface area contributed by atoms with Gasteiger partial charge in [0.1, 0.15) is 11.4 Å². The summed E-state index contributed by atoms with van der Waals surface area (Å²) in [5.74, 6) is 0. The summed E-state index contributed by atoms with van der Waals surface area (Å²) in [5.41, 5.74) is -0.397. The lowest BCUT2D eigenvalue weighted by Gasteiger charge is -2.13. The lowest BCUT2D eigenvalue weighted by Crippen LogP contribution is -2.14. The third-order valence-corrected chi connectivity index (χ3v) is 5.04. The summed E-state index contributed by atoms with van der Waals surface area (Å²) in [7, 11) is -4.18. The minimum atomic E-state index is -4.18. The maximum Gasteiger partial charge on any atom is 0.364 e. The average Bonchev–Trinajstić information content (AvgIpc) is 3.00. The number of rotatable bonds is 4. The molecule has 10 heteroatoms. The van der Waals surface area contributed by atoms with Crippen molar-refractivity contribution >= 4 is 33.2 Å². The van der Waals surface area contributed by atoms with Crippen LogP contribution < -0.4 is 5.14 Å². The summed E-state index contributed by atoms with van der Waals surface area (Å²) in [4.78, 5) is -0.321. The first-order chi connectivity index (χ1) is 12.1. The molecule has 0 saturated heterocycles. The van der Waals surface area contributed by atoms with Crippen LogP contribution in [0, 0.1) is 0 Å². The van der Waals surface area contributed by atoms with E-state index in [-0.39, 0.29) is 21.7 Å². The highest BCUT2D eigenvalue weighted by atomic mass is 35.5. The van der Waals surface area contributed by atoms with Crippen molar-refractivity contribution in [3.8, 4) is 22.4 Å². The zero-order valence-electron chi connectivity index (χ0n) is 12.9. The Bertz CT molecular complexity index is 1060. The molecule has 0 aliphatic rings. The van der Waals surface area contributed by atoms with Gasteiger partial charge in [0.2, 0.25) is 10.0 Å². The molecule has 1 aromatic heterocycles. The Balaban J connectivity index is 2.37. The second kappa shape index (κ2) is 6.62. The molecule has 3 rings (SSSR count). The van der Waals surface area contributed by atoms with E-state index in [0.717, 1.165) is 0 Å². The first kappa shape index (κ1) is 18.8. The van der Waals surface area contributed by atoms with Crippen LogP contribution in [-0.2, 0) is 15.4 Å². The Kier molecular flexibility index (Phi) is 4.78. The summed E-state index contributed by atoms with van der Waals surface area (Å²) < 4.78 is 51.7. The highest BCUT2D eigenvalue weighted by Crippen LogP contribution is 2.44. The predicted octanol–water partition coefficient (Wildman–Crippen LogP) is 4.33. The number of hydrogen-bond donors (Lipinski definition) is 2. The van der Waals surface area contributed by atoms with Gasteiger partial charge in [-0.3, -0.25) is 5.10 Å². The van der Waals surface area contributed by atoms with Gasteiger partial charge in [-0.1, -0.05) is 41.9 Å². The Hall–Kier alpha value is -2.00. The van der Waals surface area contributed by atoms with Crippen LogP contribution in [0.5, 0.6) is 0 Å². The summed E-state index contributed by atoms with van der Waals surface area (Å²) in [5, 5.41) is 7.99. The van der Waals surface area contributed by atoms with Crippen LogP contribution in [0.3, 0.4) is 0 Å². The van der Waals surface area contributed by atoms with Gasteiger partial charge in [0.25, 0.3) is 0 Å². The van der Waals surface area contributed by atoms with E-state index in [4.69, 9.17) is 28.3 Å². The lowest BCUT2D eigenvalue weighted by molar-refractivity contribution is 0.0905. The largest absolute Gasteiger partial charge is 0.364 e. The van der Waals surface area contributed by atoms with E-state index in [0.29, 0.717) is 10.6 Å². The molecule has 0 unspecified atom stereocenters. The van der Waals surface area contributed by atoms with Gasteiger partial charge in [0, 0.05) is 21.7 Å². The lowest BCUT2D eigenvalue weighted by atomic mass is 9.99. The molecule has 0 aliphatic carbocycles. The Morgan fingerprint density at radius 2 is 1.69 bits per heavy atom.